The van der Waals surface area contributed by atoms with Crippen LogP contribution < -0.4 is 21.3 Å². The largest absolute Gasteiger partial charge is 0.494 e. The Morgan fingerprint density at radius 2 is 1.98 bits per heavy atom. The van der Waals surface area contributed by atoms with Crippen LogP contribution >= 0.6 is 20.6 Å². The van der Waals surface area contributed by atoms with Gasteiger partial charge in [-0.2, -0.15) is 5.10 Å². The zero-order valence-electron chi connectivity index (χ0n) is 22.1. The summed E-state index contributed by atoms with van der Waals surface area (Å²) in [7, 11) is 4.11. The number of aryl methyl sites for hydroxylation is 1. The van der Waals surface area contributed by atoms with Crippen molar-refractivity contribution in [2.24, 2.45) is 0 Å². The van der Waals surface area contributed by atoms with E-state index in [1.165, 1.54) is 30.8 Å². The van der Waals surface area contributed by atoms with Crippen molar-refractivity contribution < 1.29 is 9.13 Å². The lowest BCUT2D eigenvalue weighted by atomic mass is 9.95. The molecule has 11 heteroatoms. The first-order chi connectivity index (χ1) is 19.3. The van der Waals surface area contributed by atoms with Crippen molar-refractivity contribution in [3.05, 3.63) is 87.7 Å². The van der Waals surface area contributed by atoms with Gasteiger partial charge in [0, 0.05) is 16.6 Å². The molecule has 0 bridgehead atoms. The van der Waals surface area contributed by atoms with Crippen LogP contribution in [0, 0.1) is 12.7 Å². The van der Waals surface area contributed by atoms with E-state index < -0.39 is 5.82 Å². The summed E-state index contributed by atoms with van der Waals surface area (Å²) in [6.07, 6.45) is 1.99. The molecule has 0 aliphatic carbocycles. The Balaban J connectivity index is 1.65. The predicted molar refractivity (Wildman–Crippen MR) is 161 cm³/mol. The molecule has 4 heterocycles. The van der Waals surface area contributed by atoms with Crippen LogP contribution in [0.2, 0.25) is 0 Å². The fourth-order valence-corrected chi connectivity index (χ4v) is 6.44. The van der Waals surface area contributed by atoms with Crippen LogP contribution in [0.15, 0.2) is 65.0 Å². The van der Waals surface area contributed by atoms with Gasteiger partial charge in [0.25, 0.3) is 5.56 Å². The molecule has 6 aromatic rings. The van der Waals surface area contributed by atoms with E-state index >= 15 is 0 Å². The van der Waals surface area contributed by atoms with Crippen LogP contribution in [0.5, 0.6) is 5.75 Å². The second-order valence-electron chi connectivity index (χ2n) is 9.48. The first-order valence-corrected chi connectivity index (χ1v) is 14.1. The van der Waals surface area contributed by atoms with Gasteiger partial charge in [-0.05, 0) is 60.1 Å². The number of nitrogens with two attached hydrogens (primary N) is 1. The monoisotopic (exact) mass is 572 g/mol. The van der Waals surface area contributed by atoms with Crippen LogP contribution in [0.3, 0.4) is 0 Å². The standard InChI is InChI=1S/C29H26FN6O2PS/c1-4-21(19-12-23-35(15(2)13-40-23)29(37)24(19)16-6-5-7-18(39)10-16)36-28-25(27(31)32-14-33-28)26(34-36)17-8-9-22(38-3)20(30)11-17/h5-14,21H,4,39H2,1-3H3,(H2,31,32,33)/t21-/m0/s1. The fraction of sp³-hybridized carbons (Fsp3) is 0.172. The number of aromatic nitrogens is 5. The highest BCUT2D eigenvalue weighted by Gasteiger charge is 2.27. The molecule has 0 amide bonds. The third-order valence-electron chi connectivity index (χ3n) is 7.07. The Labute approximate surface area is 235 Å². The number of rotatable bonds is 6. The van der Waals surface area contributed by atoms with Gasteiger partial charge < -0.3 is 10.5 Å². The molecule has 0 saturated carbocycles. The molecule has 0 fully saturated rings. The summed E-state index contributed by atoms with van der Waals surface area (Å²) in [5.41, 5.74) is 10.8. The quantitative estimate of drug-likeness (QED) is 0.269. The minimum atomic E-state index is -0.517. The number of thiazole rings is 1. The average Bonchev–Trinajstić information content (AvgIpc) is 3.51. The number of anilines is 1. The van der Waals surface area contributed by atoms with Crippen LogP contribution in [0.25, 0.3) is 38.2 Å². The zero-order chi connectivity index (χ0) is 28.1. The summed E-state index contributed by atoms with van der Waals surface area (Å²) in [5, 5.41) is 8.41. The van der Waals surface area contributed by atoms with Gasteiger partial charge in [0.15, 0.2) is 17.2 Å². The lowest BCUT2D eigenvalue weighted by Gasteiger charge is -2.21. The number of pyridine rings is 1. The first-order valence-electron chi connectivity index (χ1n) is 12.6. The van der Waals surface area contributed by atoms with E-state index in [0.717, 1.165) is 27.0 Å². The summed E-state index contributed by atoms with van der Waals surface area (Å²) in [4.78, 5) is 23.7. The molecule has 4 aromatic heterocycles. The molecule has 8 nitrogen and oxygen atoms in total. The van der Waals surface area contributed by atoms with Crippen LogP contribution in [0.4, 0.5) is 10.2 Å². The van der Waals surface area contributed by atoms with Gasteiger partial charge in [0.1, 0.15) is 22.7 Å². The highest BCUT2D eigenvalue weighted by Crippen LogP contribution is 2.38. The third kappa shape index (κ3) is 4.15. The zero-order valence-corrected chi connectivity index (χ0v) is 24.0. The fourth-order valence-electron chi connectivity index (χ4n) is 5.22. The number of ether oxygens (including phenoxy) is 1. The summed E-state index contributed by atoms with van der Waals surface area (Å²) >= 11 is 1.52. The Kier molecular flexibility index (Phi) is 6.60. The Morgan fingerprint density at radius 3 is 2.70 bits per heavy atom. The summed E-state index contributed by atoms with van der Waals surface area (Å²) < 4.78 is 23.4. The molecule has 202 valence electrons. The first kappa shape index (κ1) is 26.1. The van der Waals surface area contributed by atoms with Crippen LogP contribution in [-0.4, -0.2) is 31.3 Å². The number of nitrogen functional groups attached to an aromatic ring is 1. The van der Waals surface area contributed by atoms with Gasteiger partial charge in [-0.1, -0.05) is 25.1 Å². The van der Waals surface area contributed by atoms with Gasteiger partial charge in [-0.15, -0.1) is 20.6 Å². The second-order valence-corrected chi connectivity index (χ2v) is 11.0. The van der Waals surface area contributed by atoms with Crippen molar-refractivity contribution >= 4 is 47.6 Å². The molecular formula is C29H26FN6O2PS. The van der Waals surface area contributed by atoms with Gasteiger partial charge in [-0.25, -0.2) is 19.0 Å². The molecule has 40 heavy (non-hydrogen) atoms. The number of benzene rings is 2. The van der Waals surface area contributed by atoms with E-state index in [1.807, 2.05) is 43.5 Å². The van der Waals surface area contributed by atoms with Crippen molar-refractivity contribution in [1.29, 1.82) is 0 Å². The van der Waals surface area contributed by atoms with Crippen LogP contribution in [0.1, 0.15) is 30.6 Å². The third-order valence-corrected chi connectivity index (χ3v) is 8.43. The normalized spacial score (nSPS) is 12.3. The minimum Gasteiger partial charge on any atom is -0.494 e. The maximum Gasteiger partial charge on any atom is 0.264 e. The number of hydrogen-bond acceptors (Lipinski definition) is 7. The van der Waals surface area contributed by atoms with Crippen LogP contribution in [-0.2, 0) is 0 Å². The SMILES string of the molecule is CC[C@@H](c1cc2scc(C)n2c(=O)c1-c1cccc(P)c1)n1nc(-c2ccc(OC)c(F)c2)c2c(N)ncnc21. The molecular weight excluding hydrogens is 546 g/mol. The number of methoxy groups -OCH3 is 1. The Hall–Kier alpha value is -4.14. The molecule has 6 rings (SSSR count). The topological polar surface area (TPSA) is 100 Å². The summed E-state index contributed by atoms with van der Waals surface area (Å²) in [6, 6.07) is 14.2. The molecule has 2 N–H and O–H groups in total. The summed E-state index contributed by atoms with van der Waals surface area (Å²) in [6.45, 7) is 3.96. The average molecular weight is 573 g/mol. The lowest BCUT2D eigenvalue weighted by molar-refractivity contribution is 0.386. The van der Waals surface area contributed by atoms with E-state index in [9.17, 15) is 9.18 Å². The second kappa shape index (κ2) is 10.1. The number of fused-ring (bicyclic) bond motifs is 2. The van der Waals surface area contributed by atoms with Crippen molar-refractivity contribution in [3.8, 4) is 28.1 Å². The number of hydrogen-bond donors (Lipinski definition) is 1. The molecule has 0 aliphatic rings. The van der Waals surface area contributed by atoms with Crippen molar-refractivity contribution in [3.63, 3.8) is 0 Å². The van der Waals surface area contributed by atoms with Gasteiger partial charge >= 0.3 is 0 Å². The number of nitrogens with zero attached hydrogens (tertiary/aromatic N) is 5. The number of halogens is 1. The van der Waals surface area contributed by atoms with Crippen molar-refractivity contribution in [2.75, 3.05) is 12.8 Å². The smallest absolute Gasteiger partial charge is 0.264 e. The van der Waals surface area contributed by atoms with E-state index in [2.05, 4.69) is 25.3 Å². The van der Waals surface area contributed by atoms with E-state index in [4.69, 9.17) is 15.6 Å². The van der Waals surface area contributed by atoms with Gasteiger partial charge in [-0.3, -0.25) is 9.20 Å². The van der Waals surface area contributed by atoms with Gasteiger partial charge in [0.2, 0.25) is 0 Å². The maximum absolute atomic E-state index is 14.7. The Morgan fingerprint density at radius 1 is 1.15 bits per heavy atom. The molecule has 0 saturated heterocycles. The highest BCUT2D eigenvalue weighted by atomic mass is 32.1. The molecule has 2 atom stereocenters. The molecule has 0 spiro atoms. The maximum atomic E-state index is 14.7. The van der Waals surface area contributed by atoms with E-state index in [-0.39, 0.29) is 23.2 Å². The highest BCUT2D eigenvalue weighted by molar-refractivity contribution is 7.27. The van der Waals surface area contributed by atoms with Crippen molar-refractivity contribution in [1.82, 2.24) is 24.1 Å². The Bertz CT molecular complexity index is 1980. The molecule has 2 aromatic carbocycles. The summed E-state index contributed by atoms with van der Waals surface area (Å²) in [5.74, 6) is -0.155. The lowest BCUT2D eigenvalue weighted by Crippen LogP contribution is -2.22. The van der Waals surface area contributed by atoms with Gasteiger partial charge in [0.05, 0.1) is 24.1 Å². The molecule has 0 aliphatic heterocycles. The molecule has 1 unspecified atom stereocenters. The van der Waals surface area contributed by atoms with Crippen molar-refractivity contribution in [2.45, 2.75) is 26.3 Å². The predicted octanol–water partition coefficient (Wildman–Crippen LogP) is 5.37. The van der Waals surface area contributed by atoms with E-state index in [1.54, 1.807) is 21.2 Å². The van der Waals surface area contributed by atoms with E-state index in [0.29, 0.717) is 34.3 Å². The minimum absolute atomic E-state index is 0.0941. The molecule has 0 radical (unpaired) electrons.